The molecule has 0 heteroatoms. The van der Waals surface area contributed by atoms with Crippen LogP contribution >= 0.6 is 0 Å². The van der Waals surface area contributed by atoms with Gasteiger partial charge in [0.2, 0.25) is 0 Å². The van der Waals surface area contributed by atoms with E-state index in [1.807, 2.05) is 0 Å². The predicted octanol–water partition coefficient (Wildman–Crippen LogP) is 9.51. The molecule has 44 heavy (non-hydrogen) atoms. The van der Waals surface area contributed by atoms with Crippen LogP contribution in [0.1, 0.15) is 69.3 Å². The maximum absolute atomic E-state index is 2.68. The summed E-state index contributed by atoms with van der Waals surface area (Å²) in [7, 11) is 0. The molecule has 1 fully saturated rings. The van der Waals surface area contributed by atoms with Gasteiger partial charge in [0.25, 0.3) is 0 Å². The Hall–Kier alpha value is -3.90. The highest BCUT2D eigenvalue weighted by Crippen LogP contribution is 2.53. The minimum atomic E-state index is 0.355. The molecule has 218 valence electrons. The molecule has 0 aromatic heterocycles. The molecule has 5 atom stereocenters. The lowest BCUT2D eigenvalue weighted by atomic mass is 9.60. The zero-order valence-electron chi connectivity index (χ0n) is 25.7. The van der Waals surface area contributed by atoms with Crippen LogP contribution in [0.4, 0.5) is 0 Å². The lowest BCUT2D eigenvalue weighted by molar-refractivity contribution is 0.310. The Morgan fingerprint density at radius 1 is 0.568 bits per heavy atom. The zero-order chi connectivity index (χ0) is 29.0. The number of rotatable bonds is 3. The van der Waals surface area contributed by atoms with Gasteiger partial charge in [-0.05, 0) is 117 Å². The van der Waals surface area contributed by atoms with Gasteiger partial charge in [-0.1, -0.05) is 128 Å². The van der Waals surface area contributed by atoms with Gasteiger partial charge in [-0.3, -0.25) is 0 Å². The zero-order valence-corrected chi connectivity index (χ0v) is 25.7. The van der Waals surface area contributed by atoms with Crippen molar-refractivity contribution in [2.45, 2.75) is 63.7 Å². The number of hydrogen-bond acceptors (Lipinski definition) is 0. The lowest BCUT2D eigenvalue weighted by Crippen LogP contribution is -2.43. The first-order valence-corrected chi connectivity index (χ1v) is 17.3. The van der Waals surface area contributed by atoms with E-state index < -0.39 is 0 Å². The lowest BCUT2D eigenvalue weighted by Gasteiger charge is -2.44. The molecule has 0 radical (unpaired) electrons. The molecule has 0 heterocycles. The van der Waals surface area contributed by atoms with Gasteiger partial charge in [-0.15, -0.1) is 0 Å². The van der Waals surface area contributed by atoms with Gasteiger partial charge in [0.15, 0.2) is 0 Å². The Bertz CT molecular complexity index is 1890. The average molecular weight is 571 g/mol. The van der Waals surface area contributed by atoms with Crippen LogP contribution in [-0.2, 0) is 0 Å². The average Bonchev–Trinajstić information content (AvgIpc) is 3.10. The smallest absolute Gasteiger partial charge is 0.0134 e. The van der Waals surface area contributed by atoms with Crippen LogP contribution < -0.4 is 10.4 Å². The van der Waals surface area contributed by atoms with Crippen LogP contribution in [0.5, 0.6) is 0 Å². The van der Waals surface area contributed by atoms with E-state index in [4.69, 9.17) is 0 Å². The van der Waals surface area contributed by atoms with Crippen molar-refractivity contribution in [3.63, 3.8) is 0 Å². The molecular weight excluding hydrogens is 528 g/mol. The van der Waals surface area contributed by atoms with E-state index in [-0.39, 0.29) is 0 Å². The number of benzene rings is 2. The van der Waals surface area contributed by atoms with E-state index in [1.165, 1.54) is 54.5 Å². The second-order valence-electron chi connectivity index (χ2n) is 14.0. The van der Waals surface area contributed by atoms with Gasteiger partial charge in [-0.25, -0.2) is 0 Å². The topological polar surface area (TPSA) is 0 Å². The van der Waals surface area contributed by atoms with Crippen molar-refractivity contribution in [3.8, 4) is 0 Å². The monoisotopic (exact) mass is 570 g/mol. The largest absolute Gasteiger partial charge is 0.0839 e. The Kier molecular flexibility index (Phi) is 6.58. The summed E-state index contributed by atoms with van der Waals surface area (Å²) < 4.78 is 0. The highest BCUT2D eigenvalue weighted by Gasteiger charge is 2.41. The van der Waals surface area contributed by atoms with E-state index in [0.717, 1.165) is 19.3 Å². The molecule has 2 aromatic rings. The highest BCUT2D eigenvalue weighted by atomic mass is 14.5. The maximum atomic E-state index is 2.68. The molecule has 7 aliphatic rings. The molecule has 2 aromatic carbocycles. The van der Waals surface area contributed by atoms with Crippen LogP contribution in [0.2, 0.25) is 0 Å². The molecule has 0 bridgehead atoms. The van der Waals surface area contributed by atoms with Crippen molar-refractivity contribution < 1.29 is 0 Å². The molecule has 5 unspecified atom stereocenters. The fourth-order valence-corrected chi connectivity index (χ4v) is 9.79. The Morgan fingerprint density at radius 3 is 1.98 bits per heavy atom. The van der Waals surface area contributed by atoms with E-state index in [2.05, 4.69) is 115 Å². The van der Waals surface area contributed by atoms with Crippen molar-refractivity contribution >= 4 is 11.1 Å². The number of hydrogen-bond donors (Lipinski definition) is 0. The number of fused-ring (bicyclic) bond motifs is 4. The van der Waals surface area contributed by atoms with Crippen molar-refractivity contribution in [2.75, 3.05) is 0 Å². The highest BCUT2D eigenvalue weighted by molar-refractivity contribution is 5.83. The van der Waals surface area contributed by atoms with E-state index in [0.29, 0.717) is 29.6 Å². The predicted molar refractivity (Wildman–Crippen MR) is 184 cm³/mol. The third-order valence-electron chi connectivity index (χ3n) is 11.7. The molecular formula is C44H42. The van der Waals surface area contributed by atoms with Crippen molar-refractivity contribution in [3.05, 3.63) is 165 Å². The quantitative estimate of drug-likeness (QED) is 0.345. The van der Waals surface area contributed by atoms with Crippen molar-refractivity contribution in [1.29, 1.82) is 0 Å². The minimum Gasteiger partial charge on any atom is -0.0839 e. The molecule has 0 N–H and O–H groups in total. The van der Waals surface area contributed by atoms with Gasteiger partial charge in [0.1, 0.15) is 0 Å². The van der Waals surface area contributed by atoms with Crippen LogP contribution in [0.3, 0.4) is 0 Å². The molecule has 1 saturated carbocycles. The summed E-state index contributed by atoms with van der Waals surface area (Å²) in [4.78, 5) is 0. The summed E-state index contributed by atoms with van der Waals surface area (Å²) in [5.74, 6) is 2.44. The third kappa shape index (κ3) is 4.25. The van der Waals surface area contributed by atoms with Crippen molar-refractivity contribution in [2.24, 2.45) is 23.7 Å². The van der Waals surface area contributed by atoms with E-state index >= 15 is 0 Å². The summed E-state index contributed by atoms with van der Waals surface area (Å²) >= 11 is 0. The molecule has 0 spiro atoms. The van der Waals surface area contributed by atoms with Crippen LogP contribution in [0.25, 0.3) is 11.1 Å². The molecule has 0 nitrogen and oxygen atoms in total. The fourth-order valence-electron chi connectivity index (χ4n) is 9.79. The second kappa shape index (κ2) is 10.9. The Balaban J connectivity index is 1.33. The van der Waals surface area contributed by atoms with Gasteiger partial charge < -0.3 is 0 Å². The summed E-state index contributed by atoms with van der Waals surface area (Å²) in [5.41, 5.74) is 14.3. The van der Waals surface area contributed by atoms with E-state index in [1.54, 1.807) is 44.6 Å². The summed E-state index contributed by atoms with van der Waals surface area (Å²) in [6.45, 7) is 0. The Morgan fingerprint density at radius 2 is 1.20 bits per heavy atom. The standard InChI is InChI=1S/C44H42/c1-2-14-29(15-3-1)40-26-30-16-4-5-17-31(30)27-42(40)44-38-24-12-10-22-36(38)43(37-23-11-13-25-39(37)44)41-28-32-18-6-7-19-33(32)34-20-8-9-21-35(34)41/h1-4,7,10-16,19,22-25,27-28,34-36,38,40H,5-6,8-9,17-18,20-21,26H2. The maximum Gasteiger partial charge on any atom is 0.0134 e. The second-order valence-corrected chi connectivity index (χ2v) is 14.0. The SMILES string of the molecule is C1=CC2C(C3=CC4=C(C=CCC4)CC3c3ccccc3)=c3ccccc3=C(C3=CC4=C(C=CCC4)C4CCCCC34)C2C=C1. The Labute approximate surface area is 262 Å². The van der Waals surface area contributed by atoms with Gasteiger partial charge in [0, 0.05) is 17.8 Å². The van der Waals surface area contributed by atoms with Gasteiger partial charge >= 0.3 is 0 Å². The first-order chi connectivity index (χ1) is 21.8. The minimum absolute atomic E-state index is 0.355. The number of allylic oxidation sites excluding steroid dienone is 16. The molecule has 9 rings (SSSR count). The van der Waals surface area contributed by atoms with Gasteiger partial charge in [0.05, 0.1) is 0 Å². The van der Waals surface area contributed by atoms with Crippen LogP contribution in [0.15, 0.2) is 149 Å². The van der Waals surface area contributed by atoms with Gasteiger partial charge in [-0.2, -0.15) is 0 Å². The first kappa shape index (κ1) is 26.5. The summed E-state index contributed by atoms with van der Waals surface area (Å²) in [6, 6.07) is 20.8. The molecule has 7 aliphatic carbocycles. The van der Waals surface area contributed by atoms with E-state index in [9.17, 15) is 0 Å². The molecule has 0 amide bonds. The summed E-state index contributed by atoms with van der Waals surface area (Å²) in [5, 5.41) is 2.97. The fraction of sp³-hybridized carbons (Fsp3) is 0.318. The molecule has 0 aliphatic heterocycles. The summed E-state index contributed by atoms with van der Waals surface area (Å²) in [6.07, 6.45) is 36.0. The first-order valence-electron chi connectivity index (χ1n) is 17.3. The molecule has 0 saturated heterocycles. The van der Waals surface area contributed by atoms with Crippen LogP contribution in [-0.4, -0.2) is 0 Å². The van der Waals surface area contributed by atoms with Crippen LogP contribution in [0, 0.1) is 23.7 Å². The third-order valence-corrected chi connectivity index (χ3v) is 11.7. The van der Waals surface area contributed by atoms with Crippen molar-refractivity contribution in [1.82, 2.24) is 0 Å². The normalized spacial score (nSPS) is 30.2.